The van der Waals surface area contributed by atoms with E-state index in [0.717, 1.165) is 51.4 Å². The number of phosphoric ester groups is 1. The molecule has 0 radical (unpaired) electrons. The summed E-state index contributed by atoms with van der Waals surface area (Å²) >= 11 is 0. The number of likely N-dealkylation sites (N-methyl/N-ethyl adjacent to an activating group) is 1. The third-order valence-corrected chi connectivity index (χ3v) is 13.6. The second-order valence-electron chi connectivity index (χ2n) is 20.3. The summed E-state index contributed by atoms with van der Waals surface area (Å²) in [5.41, 5.74) is 0. The Kier molecular flexibility index (Phi) is 46.8. The third-order valence-electron chi connectivity index (χ3n) is 12.6. The lowest BCUT2D eigenvalue weighted by Gasteiger charge is -2.25. The van der Waals surface area contributed by atoms with Gasteiger partial charge in [0.05, 0.1) is 39.9 Å². The van der Waals surface area contributed by atoms with E-state index in [1.807, 2.05) is 27.2 Å². The molecule has 0 spiro atoms. The fourth-order valence-corrected chi connectivity index (χ4v) is 8.93. The summed E-state index contributed by atoms with van der Waals surface area (Å²) in [6.07, 6.45) is 61.2. The molecule has 0 aromatic heterocycles. The highest BCUT2D eigenvalue weighted by molar-refractivity contribution is 7.47. The third kappa shape index (κ3) is 50.4. The van der Waals surface area contributed by atoms with Crippen molar-refractivity contribution in [3.05, 3.63) is 36.5 Å². The average Bonchev–Trinajstić information content (AvgIpc) is 3.26. The van der Waals surface area contributed by atoms with Crippen molar-refractivity contribution in [3.63, 3.8) is 0 Å². The first kappa shape index (κ1) is 63.7. The highest BCUT2D eigenvalue weighted by Crippen LogP contribution is 2.43. The standard InChI is InChI=1S/C56H109N2O6P/c1-6-8-10-12-14-16-18-20-21-22-23-24-25-26-27-28-29-30-31-32-33-34-35-36-38-40-42-44-46-48-50-56(60)57-54(53-64-65(61,62)63-52-51-58(3,4)5)55(59)49-47-45-43-41-39-37-19-17-15-13-11-9-7-2/h15,17,39,41,47,49,54-55,59H,6-14,16,18-38,40,42-46,48,50-53H2,1-5H3,(H-,57,60,61,62)/p+1/b17-15+,41-39+,49-47+. The first-order valence-electron chi connectivity index (χ1n) is 27.9. The zero-order chi connectivity index (χ0) is 47.8. The van der Waals surface area contributed by atoms with Gasteiger partial charge in [-0.15, -0.1) is 0 Å². The summed E-state index contributed by atoms with van der Waals surface area (Å²) in [6.45, 7) is 4.78. The minimum atomic E-state index is -4.35. The zero-order valence-electron chi connectivity index (χ0n) is 43.7. The van der Waals surface area contributed by atoms with Crippen molar-refractivity contribution in [2.45, 2.75) is 276 Å². The Morgan fingerprint density at radius 3 is 1.23 bits per heavy atom. The molecule has 0 bridgehead atoms. The van der Waals surface area contributed by atoms with Crippen LogP contribution in [-0.2, 0) is 18.4 Å². The molecule has 0 aliphatic carbocycles. The fraction of sp³-hybridized carbons (Fsp3) is 0.875. The summed E-state index contributed by atoms with van der Waals surface area (Å²) < 4.78 is 23.6. The minimum Gasteiger partial charge on any atom is -0.387 e. The van der Waals surface area contributed by atoms with E-state index in [2.05, 4.69) is 43.5 Å². The molecule has 0 aliphatic rings. The van der Waals surface area contributed by atoms with Crippen LogP contribution >= 0.6 is 7.82 Å². The molecular weight excluding hydrogens is 828 g/mol. The normalized spacial score (nSPS) is 14.3. The lowest BCUT2D eigenvalue weighted by atomic mass is 10.0. The molecule has 3 unspecified atom stereocenters. The highest BCUT2D eigenvalue weighted by Gasteiger charge is 2.27. The number of rotatable bonds is 51. The molecule has 0 aromatic carbocycles. The lowest BCUT2D eigenvalue weighted by molar-refractivity contribution is -0.870. The van der Waals surface area contributed by atoms with Gasteiger partial charge in [0, 0.05) is 6.42 Å². The van der Waals surface area contributed by atoms with Crippen molar-refractivity contribution in [2.24, 2.45) is 0 Å². The van der Waals surface area contributed by atoms with Crippen LogP contribution in [0.1, 0.15) is 264 Å². The van der Waals surface area contributed by atoms with Gasteiger partial charge in [-0.2, -0.15) is 0 Å². The molecule has 0 heterocycles. The molecule has 3 N–H and O–H groups in total. The molecule has 0 saturated heterocycles. The van der Waals surface area contributed by atoms with Crippen LogP contribution in [-0.4, -0.2) is 73.4 Å². The average molecular weight is 938 g/mol. The number of phosphoric acid groups is 1. The van der Waals surface area contributed by atoms with Crippen LogP contribution in [0.4, 0.5) is 0 Å². The van der Waals surface area contributed by atoms with Gasteiger partial charge in [0.2, 0.25) is 5.91 Å². The summed E-state index contributed by atoms with van der Waals surface area (Å²) in [4.78, 5) is 23.2. The molecule has 0 aliphatic heterocycles. The number of aliphatic hydroxyl groups is 1. The van der Waals surface area contributed by atoms with E-state index >= 15 is 0 Å². The van der Waals surface area contributed by atoms with Crippen molar-refractivity contribution in [2.75, 3.05) is 40.9 Å². The van der Waals surface area contributed by atoms with Crippen molar-refractivity contribution in [3.8, 4) is 0 Å². The summed E-state index contributed by atoms with van der Waals surface area (Å²) in [5.74, 6) is -0.188. The number of nitrogens with zero attached hydrogens (tertiary/aromatic N) is 1. The van der Waals surface area contributed by atoms with E-state index in [-0.39, 0.29) is 19.1 Å². The van der Waals surface area contributed by atoms with Crippen LogP contribution in [0.2, 0.25) is 0 Å². The Morgan fingerprint density at radius 2 is 0.846 bits per heavy atom. The molecule has 9 heteroatoms. The largest absolute Gasteiger partial charge is 0.472 e. The monoisotopic (exact) mass is 938 g/mol. The summed E-state index contributed by atoms with van der Waals surface area (Å²) in [6, 6.07) is -0.866. The van der Waals surface area contributed by atoms with Gasteiger partial charge in [0.15, 0.2) is 0 Å². The minimum absolute atomic E-state index is 0.0548. The first-order valence-corrected chi connectivity index (χ1v) is 29.4. The Hall–Kier alpha value is -1.28. The number of hydrogen-bond acceptors (Lipinski definition) is 5. The molecule has 0 rings (SSSR count). The van der Waals surface area contributed by atoms with Crippen molar-refractivity contribution in [1.82, 2.24) is 5.32 Å². The number of carbonyl (C=O) groups is 1. The summed E-state index contributed by atoms with van der Waals surface area (Å²) in [7, 11) is 1.55. The van der Waals surface area contributed by atoms with E-state index in [9.17, 15) is 19.4 Å². The van der Waals surface area contributed by atoms with E-state index in [1.54, 1.807) is 6.08 Å². The molecule has 1 amide bonds. The van der Waals surface area contributed by atoms with Crippen LogP contribution in [0.3, 0.4) is 0 Å². The number of hydrogen-bond donors (Lipinski definition) is 3. The Bertz CT molecular complexity index is 1150. The quantitative estimate of drug-likeness (QED) is 0.0243. The van der Waals surface area contributed by atoms with Crippen molar-refractivity contribution < 1.29 is 32.9 Å². The Morgan fingerprint density at radius 1 is 0.508 bits per heavy atom. The van der Waals surface area contributed by atoms with Gasteiger partial charge in [-0.05, 0) is 44.9 Å². The maximum atomic E-state index is 12.9. The van der Waals surface area contributed by atoms with E-state index in [4.69, 9.17) is 9.05 Å². The topological polar surface area (TPSA) is 105 Å². The van der Waals surface area contributed by atoms with Crippen molar-refractivity contribution in [1.29, 1.82) is 0 Å². The number of unbranched alkanes of at least 4 members (excludes halogenated alkanes) is 34. The lowest BCUT2D eigenvalue weighted by Crippen LogP contribution is -2.45. The molecule has 0 aromatic rings. The van der Waals surface area contributed by atoms with Crippen LogP contribution in [0.5, 0.6) is 0 Å². The Balaban J connectivity index is 4.06. The summed E-state index contributed by atoms with van der Waals surface area (Å²) in [5, 5.41) is 13.8. The van der Waals surface area contributed by atoms with E-state index < -0.39 is 20.0 Å². The van der Waals surface area contributed by atoms with Crippen LogP contribution < -0.4 is 5.32 Å². The fourth-order valence-electron chi connectivity index (χ4n) is 8.19. The van der Waals surface area contributed by atoms with Crippen LogP contribution in [0.25, 0.3) is 0 Å². The second-order valence-corrected chi connectivity index (χ2v) is 21.8. The van der Waals surface area contributed by atoms with E-state index in [1.165, 1.54) is 193 Å². The number of amides is 1. The molecule has 3 atom stereocenters. The number of nitrogens with one attached hydrogen (secondary N) is 1. The number of quaternary nitrogens is 1. The number of carbonyl (C=O) groups excluding carboxylic acids is 1. The predicted octanol–water partition coefficient (Wildman–Crippen LogP) is 16.6. The highest BCUT2D eigenvalue weighted by atomic mass is 31.2. The van der Waals surface area contributed by atoms with Crippen LogP contribution in [0.15, 0.2) is 36.5 Å². The van der Waals surface area contributed by atoms with Gasteiger partial charge in [-0.25, -0.2) is 4.57 Å². The van der Waals surface area contributed by atoms with Gasteiger partial charge >= 0.3 is 7.82 Å². The molecule has 0 fully saturated rings. The van der Waals surface area contributed by atoms with Gasteiger partial charge in [0.1, 0.15) is 13.2 Å². The smallest absolute Gasteiger partial charge is 0.387 e. The maximum absolute atomic E-state index is 12.9. The number of allylic oxidation sites excluding steroid dienone is 5. The van der Waals surface area contributed by atoms with Gasteiger partial charge in [-0.1, -0.05) is 249 Å². The maximum Gasteiger partial charge on any atom is 0.472 e. The molecule has 384 valence electrons. The zero-order valence-corrected chi connectivity index (χ0v) is 44.6. The van der Waals surface area contributed by atoms with Gasteiger partial charge < -0.3 is 19.8 Å². The SMILES string of the molecule is CCCCC/C=C/CC/C=C/CC/C=C/C(O)C(COP(=O)(O)OCC[N+](C)(C)C)NC(=O)CCCCCCCCCCCCCCCCCCCCCCCCCCCCCCCC. The van der Waals surface area contributed by atoms with Crippen molar-refractivity contribution >= 4 is 13.7 Å². The second kappa shape index (κ2) is 47.8. The molecule has 65 heavy (non-hydrogen) atoms. The molecule has 8 nitrogen and oxygen atoms in total. The van der Waals surface area contributed by atoms with Gasteiger partial charge in [0.25, 0.3) is 0 Å². The Labute approximate surface area is 404 Å². The van der Waals surface area contributed by atoms with E-state index in [0.29, 0.717) is 17.4 Å². The predicted molar refractivity (Wildman–Crippen MR) is 281 cm³/mol. The molecular formula is C56H110N2O6P+. The van der Waals surface area contributed by atoms with Crippen LogP contribution in [0, 0.1) is 0 Å². The molecule has 0 saturated carbocycles. The number of aliphatic hydroxyl groups excluding tert-OH is 1. The first-order chi connectivity index (χ1) is 31.5. The van der Waals surface area contributed by atoms with Gasteiger partial charge in [-0.3, -0.25) is 13.8 Å².